The van der Waals surface area contributed by atoms with Crippen LogP contribution in [0, 0.1) is 0 Å². The molecule has 0 bridgehead atoms. The zero-order valence-corrected chi connectivity index (χ0v) is 12.4. The molecule has 1 saturated carbocycles. The quantitative estimate of drug-likeness (QED) is 0.781. The second kappa shape index (κ2) is 4.38. The van der Waals surface area contributed by atoms with E-state index >= 15 is 0 Å². The van der Waals surface area contributed by atoms with Crippen LogP contribution in [0.2, 0.25) is 0 Å². The van der Waals surface area contributed by atoms with Crippen LogP contribution in [0.3, 0.4) is 0 Å². The Hall–Kier alpha value is -1.76. The third-order valence-electron chi connectivity index (χ3n) is 4.56. The Morgan fingerprint density at radius 3 is 2.23 bits per heavy atom. The maximum Gasteiger partial charge on any atom is 0.261 e. The number of carbonyl (C=O) groups is 2. The van der Waals surface area contributed by atoms with Crippen LogP contribution in [0.15, 0.2) is 24.3 Å². The summed E-state index contributed by atoms with van der Waals surface area (Å²) in [5.74, 6) is -1.48. The molecule has 0 aromatic heterocycles. The molecule has 0 unspecified atom stereocenters. The van der Waals surface area contributed by atoms with Crippen molar-refractivity contribution in [3.8, 4) is 0 Å². The average Bonchev–Trinajstić information content (AvgIpc) is 3.02. The van der Waals surface area contributed by atoms with Crippen LogP contribution in [0.4, 0.5) is 0 Å². The van der Waals surface area contributed by atoms with Gasteiger partial charge in [0.05, 0.1) is 23.3 Å². The van der Waals surface area contributed by atoms with Crippen LogP contribution in [-0.2, 0) is 9.47 Å². The number of hydrogen-bond donors (Lipinski definition) is 1. The van der Waals surface area contributed by atoms with Crippen LogP contribution in [0.5, 0.6) is 0 Å². The first-order chi connectivity index (χ1) is 10.4. The number of imide groups is 1. The Morgan fingerprint density at radius 1 is 1.09 bits per heavy atom. The van der Waals surface area contributed by atoms with E-state index in [9.17, 15) is 14.7 Å². The maximum atomic E-state index is 12.6. The van der Waals surface area contributed by atoms with E-state index in [4.69, 9.17) is 9.47 Å². The molecule has 0 spiro atoms. The topological polar surface area (TPSA) is 76.1 Å². The summed E-state index contributed by atoms with van der Waals surface area (Å²) in [7, 11) is 0. The van der Waals surface area contributed by atoms with Gasteiger partial charge in [0.1, 0.15) is 12.2 Å². The minimum atomic E-state index is -0.826. The van der Waals surface area contributed by atoms with E-state index in [2.05, 4.69) is 0 Å². The summed E-state index contributed by atoms with van der Waals surface area (Å²) in [4.78, 5) is 26.4. The van der Waals surface area contributed by atoms with Crippen molar-refractivity contribution in [2.24, 2.45) is 0 Å². The second-order valence-corrected chi connectivity index (χ2v) is 6.46. The molecule has 1 aromatic carbocycles. The number of carbonyl (C=O) groups excluding carboxylic acids is 2. The lowest BCUT2D eigenvalue weighted by Crippen LogP contribution is -2.46. The number of aliphatic hydroxyl groups excluding tert-OH is 1. The molecular weight excluding hydrogens is 286 g/mol. The van der Waals surface area contributed by atoms with Crippen LogP contribution >= 0.6 is 0 Å². The zero-order chi connectivity index (χ0) is 15.6. The lowest BCUT2D eigenvalue weighted by atomic mass is 10.1. The molecule has 6 heteroatoms. The van der Waals surface area contributed by atoms with Gasteiger partial charge in [0, 0.05) is 0 Å². The van der Waals surface area contributed by atoms with Crippen molar-refractivity contribution in [3.05, 3.63) is 35.4 Å². The van der Waals surface area contributed by atoms with Gasteiger partial charge in [-0.1, -0.05) is 12.1 Å². The number of aliphatic hydroxyl groups is 1. The summed E-state index contributed by atoms with van der Waals surface area (Å²) in [5, 5.41) is 10.2. The van der Waals surface area contributed by atoms with Gasteiger partial charge in [-0.15, -0.1) is 0 Å². The standard InChI is InChI=1S/C16H17NO5/c1-16(2)21-12-10(7-11(18)13(12)22-16)17-14(19)8-5-3-4-6-9(8)15(17)20/h3-6,10-13,18H,7H2,1-2H3/t10-,11+,12+,13-/m1/s1. The number of rotatable bonds is 1. The second-order valence-electron chi connectivity index (χ2n) is 6.46. The number of amides is 2. The van der Waals surface area contributed by atoms with Gasteiger partial charge in [-0.05, 0) is 32.4 Å². The molecule has 116 valence electrons. The van der Waals surface area contributed by atoms with Gasteiger partial charge in [0.25, 0.3) is 11.8 Å². The maximum absolute atomic E-state index is 12.6. The number of nitrogens with zero attached hydrogens (tertiary/aromatic N) is 1. The highest BCUT2D eigenvalue weighted by Crippen LogP contribution is 2.42. The predicted molar refractivity (Wildman–Crippen MR) is 75.2 cm³/mol. The van der Waals surface area contributed by atoms with Crippen molar-refractivity contribution in [3.63, 3.8) is 0 Å². The molecule has 22 heavy (non-hydrogen) atoms. The Kier molecular flexibility index (Phi) is 2.76. The van der Waals surface area contributed by atoms with Gasteiger partial charge < -0.3 is 14.6 Å². The molecule has 1 aliphatic carbocycles. The number of hydrogen-bond acceptors (Lipinski definition) is 5. The lowest BCUT2D eigenvalue weighted by Gasteiger charge is -2.27. The summed E-state index contributed by atoms with van der Waals surface area (Å²) in [6, 6.07) is 6.26. The fourth-order valence-corrected chi connectivity index (χ4v) is 3.69. The monoisotopic (exact) mass is 303 g/mol. The Bertz CT molecular complexity index is 635. The van der Waals surface area contributed by atoms with E-state index in [1.54, 1.807) is 38.1 Å². The highest BCUT2D eigenvalue weighted by molar-refractivity contribution is 6.21. The van der Waals surface area contributed by atoms with E-state index in [0.717, 1.165) is 0 Å². The van der Waals surface area contributed by atoms with Crippen molar-refractivity contribution in [2.75, 3.05) is 0 Å². The van der Waals surface area contributed by atoms with Crippen LogP contribution < -0.4 is 0 Å². The average molecular weight is 303 g/mol. The molecule has 2 fully saturated rings. The number of benzene rings is 1. The summed E-state index contributed by atoms with van der Waals surface area (Å²) in [6.45, 7) is 3.52. The molecule has 3 aliphatic rings. The largest absolute Gasteiger partial charge is 0.390 e. The van der Waals surface area contributed by atoms with Crippen molar-refractivity contribution in [1.29, 1.82) is 0 Å². The molecule has 1 aromatic rings. The summed E-state index contributed by atoms with van der Waals surface area (Å²) in [6.07, 6.45) is -1.48. The zero-order valence-electron chi connectivity index (χ0n) is 12.4. The van der Waals surface area contributed by atoms with E-state index < -0.39 is 30.1 Å². The molecular formula is C16H17NO5. The SMILES string of the molecule is CC1(C)O[C@@H]2[C@H](O1)[C@@H](O)C[C@H]2N1C(=O)c2ccccc2C1=O. The van der Waals surface area contributed by atoms with Gasteiger partial charge in [0.2, 0.25) is 0 Å². The molecule has 6 nitrogen and oxygen atoms in total. The summed E-state index contributed by atoms with van der Waals surface area (Å²) in [5.41, 5.74) is 0.812. The minimum absolute atomic E-state index is 0.275. The molecule has 4 rings (SSSR count). The predicted octanol–water partition coefficient (Wildman–Crippen LogP) is 0.936. The van der Waals surface area contributed by atoms with E-state index in [1.807, 2.05) is 0 Å². The van der Waals surface area contributed by atoms with Crippen molar-refractivity contribution < 1.29 is 24.2 Å². The molecule has 2 amide bonds. The van der Waals surface area contributed by atoms with Gasteiger partial charge in [0.15, 0.2) is 5.79 Å². The van der Waals surface area contributed by atoms with Gasteiger partial charge in [-0.3, -0.25) is 14.5 Å². The fourth-order valence-electron chi connectivity index (χ4n) is 3.69. The van der Waals surface area contributed by atoms with Crippen LogP contribution in [0.1, 0.15) is 41.0 Å². The van der Waals surface area contributed by atoms with Crippen molar-refractivity contribution >= 4 is 11.8 Å². The van der Waals surface area contributed by atoms with Crippen molar-refractivity contribution in [2.45, 2.75) is 50.4 Å². The smallest absolute Gasteiger partial charge is 0.261 e. The number of fused-ring (bicyclic) bond motifs is 2. The molecule has 4 atom stereocenters. The van der Waals surface area contributed by atoms with E-state index in [1.165, 1.54) is 4.90 Å². The Morgan fingerprint density at radius 2 is 1.64 bits per heavy atom. The lowest BCUT2D eigenvalue weighted by molar-refractivity contribution is -0.166. The molecule has 0 radical (unpaired) electrons. The van der Waals surface area contributed by atoms with E-state index in [-0.39, 0.29) is 18.2 Å². The molecule has 1 saturated heterocycles. The van der Waals surface area contributed by atoms with Crippen LogP contribution in [0.25, 0.3) is 0 Å². The highest BCUT2D eigenvalue weighted by Gasteiger charge is 2.58. The normalized spacial score (nSPS) is 35.9. The number of ether oxygens (including phenoxy) is 2. The Labute approximate surface area is 127 Å². The summed E-state index contributed by atoms with van der Waals surface area (Å²) < 4.78 is 11.5. The third-order valence-corrected chi connectivity index (χ3v) is 4.56. The third kappa shape index (κ3) is 1.78. The fraction of sp³-hybridized carbons (Fsp3) is 0.500. The molecule has 2 aliphatic heterocycles. The Balaban J connectivity index is 1.69. The van der Waals surface area contributed by atoms with Gasteiger partial charge in [-0.2, -0.15) is 0 Å². The first-order valence-electron chi connectivity index (χ1n) is 7.40. The van der Waals surface area contributed by atoms with Gasteiger partial charge in [-0.25, -0.2) is 0 Å². The molecule has 2 heterocycles. The van der Waals surface area contributed by atoms with Gasteiger partial charge >= 0.3 is 0 Å². The van der Waals surface area contributed by atoms with Crippen LogP contribution in [-0.4, -0.2) is 52.0 Å². The van der Waals surface area contributed by atoms with Crippen molar-refractivity contribution in [1.82, 2.24) is 4.90 Å². The minimum Gasteiger partial charge on any atom is -0.390 e. The first kappa shape index (κ1) is 13.9. The highest BCUT2D eigenvalue weighted by atomic mass is 16.8. The molecule has 1 N–H and O–H groups in total. The van der Waals surface area contributed by atoms with E-state index in [0.29, 0.717) is 11.1 Å². The first-order valence-corrected chi connectivity index (χ1v) is 7.40. The summed E-state index contributed by atoms with van der Waals surface area (Å²) >= 11 is 0.